The normalized spacial score (nSPS) is 11.5. The van der Waals surface area contributed by atoms with Crippen LogP contribution in [0.15, 0.2) is 61.3 Å². The lowest BCUT2D eigenvalue weighted by molar-refractivity contribution is 0.423. The Labute approximate surface area is 123 Å². The van der Waals surface area contributed by atoms with E-state index in [4.69, 9.17) is 0 Å². The van der Waals surface area contributed by atoms with Crippen LogP contribution in [-0.2, 0) is 5.54 Å². The average molecular weight is 279 g/mol. The highest BCUT2D eigenvalue weighted by Gasteiger charge is 2.23. The largest absolute Gasteiger partial charge is 0.508 e. The summed E-state index contributed by atoms with van der Waals surface area (Å²) in [6.45, 7) is 4.22. The van der Waals surface area contributed by atoms with Gasteiger partial charge < -0.3 is 9.67 Å². The zero-order chi connectivity index (χ0) is 14.9. The van der Waals surface area contributed by atoms with E-state index in [9.17, 15) is 5.11 Å². The van der Waals surface area contributed by atoms with Crippen LogP contribution in [0.3, 0.4) is 0 Å². The van der Waals surface area contributed by atoms with Gasteiger partial charge in [-0.3, -0.25) is 4.98 Å². The number of pyridine rings is 1. The lowest BCUT2D eigenvalue weighted by Crippen LogP contribution is -2.27. The molecule has 1 aromatic carbocycles. The quantitative estimate of drug-likeness (QED) is 0.799. The number of phenols is 1. The number of aromatic hydroxyl groups is 1. The summed E-state index contributed by atoms with van der Waals surface area (Å²) in [4.78, 5) is 8.69. The molecule has 0 atom stereocenters. The molecule has 0 amide bonds. The molecule has 3 rings (SSSR count). The third kappa shape index (κ3) is 2.52. The predicted octanol–water partition coefficient (Wildman–Crippen LogP) is 3.43. The molecule has 1 N–H and O–H groups in total. The van der Waals surface area contributed by atoms with Crippen molar-refractivity contribution in [2.45, 2.75) is 19.4 Å². The fourth-order valence-corrected chi connectivity index (χ4v) is 2.30. The molecular formula is C17H17N3O. The third-order valence-electron chi connectivity index (χ3n) is 3.74. The molecule has 2 heterocycles. The van der Waals surface area contributed by atoms with E-state index in [0.29, 0.717) is 0 Å². The van der Waals surface area contributed by atoms with E-state index in [1.807, 2.05) is 41.2 Å². The number of nitrogens with zero attached hydrogens (tertiary/aromatic N) is 3. The number of benzene rings is 1. The molecule has 0 saturated carbocycles. The molecule has 0 radical (unpaired) electrons. The second-order valence-corrected chi connectivity index (χ2v) is 5.51. The molecule has 0 saturated heterocycles. The average Bonchev–Trinajstić information content (AvgIpc) is 3.03. The van der Waals surface area contributed by atoms with Crippen LogP contribution in [0.25, 0.3) is 11.1 Å². The van der Waals surface area contributed by atoms with E-state index in [0.717, 1.165) is 16.8 Å². The maximum Gasteiger partial charge on any atom is 0.115 e. The molecule has 0 fully saturated rings. The van der Waals surface area contributed by atoms with Gasteiger partial charge in [-0.05, 0) is 37.6 Å². The molecule has 4 heteroatoms. The third-order valence-corrected chi connectivity index (χ3v) is 3.74. The number of hydrogen-bond acceptors (Lipinski definition) is 3. The Hall–Kier alpha value is -2.62. The van der Waals surface area contributed by atoms with Crippen LogP contribution in [-0.4, -0.2) is 19.6 Å². The first kappa shape index (κ1) is 13.4. The highest BCUT2D eigenvalue weighted by Crippen LogP contribution is 2.26. The number of aromatic nitrogens is 3. The van der Waals surface area contributed by atoms with Gasteiger partial charge in [0.2, 0.25) is 0 Å². The van der Waals surface area contributed by atoms with Gasteiger partial charge in [-0.25, -0.2) is 4.98 Å². The van der Waals surface area contributed by atoms with Crippen LogP contribution in [0.4, 0.5) is 0 Å². The summed E-state index contributed by atoms with van der Waals surface area (Å²) in [5.41, 5.74) is 2.79. The molecule has 106 valence electrons. The van der Waals surface area contributed by atoms with E-state index >= 15 is 0 Å². The number of phenolic OH excluding ortho intramolecular Hbond substituents is 1. The summed E-state index contributed by atoms with van der Waals surface area (Å²) in [7, 11) is 0. The number of rotatable bonds is 3. The van der Waals surface area contributed by atoms with Gasteiger partial charge >= 0.3 is 0 Å². The van der Waals surface area contributed by atoms with Crippen molar-refractivity contribution in [3.05, 3.63) is 67.0 Å². The van der Waals surface area contributed by atoms with E-state index in [1.54, 1.807) is 24.7 Å². The van der Waals surface area contributed by atoms with Crippen LogP contribution >= 0.6 is 0 Å². The van der Waals surface area contributed by atoms with Crippen LogP contribution in [0.2, 0.25) is 0 Å². The van der Waals surface area contributed by atoms with Crippen molar-refractivity contribution in [2.24, 2.45) is 0 Å². The van der Waals surface area contributed by atoms with Gasteiger partial charge in [-0.1, -0.05) is 18.2 Å². The van der Waals surface area contributed by atoms with Crippen molar-refractivity contribution in [1.29, 1.82) is 0 Å². The Morgan fingerprint density at radius 3 is 2.29 bits per heavy atom. The second kappa shape index (κ2) is 5.05. The zero-order valence-electron chi connectivity index (χ0n) is 12.1. The van der Waals surface area contributed by atoms with Gasteiger partial charge in [0, 0.05) is 24.2 Å². The van der Waals surface area contributed by atoms with Gasteiger partial charge in [0.15, 0.2) is 0 Å². The topological polar surface area (TPSA) is 50.9 Å². The molecule has 0 aliphatic rings. The Morgan fingerprint density at radius 2 is 1.71 bits per heavy atom. The molecule has 0 aliphatic carbocycles. The Bertz CT molecular complexity index is 714. The van der Waals surface area contributed by atoms with Gasteiger partial charge in [-0.2, -0.15) is 0 Å². The Balaban J connectivity index is 1.92. The van der Waals surface area contributed by atoms with Gasteiger partial charge in [0.1, 0.15) is 5.75 Å². The molecule has 3 aromatic rings. The molecule has 4 nitrogen and oxygen atoms in total. The minimum Gasteiger partial charge on any atom is -0.508 e. The fraction of sp³-hybridized carbons (Fsp3) is 0.176. The summed E-state index contributed by atoms with van der Waals surface area (Å²) >= 11 is 0. The molecule has 0 spiro atoms. The van der Waals surface area contributed by atoms with Crippen molar-refractivity contribution >= 4 is 0 Å². The molecule has 0 aliphatic heterocycles. The van der Waals surface area contributed by atoms with Crippen molar-refractivity contribution in [1.82, 2.24) is 14.5 Å². The van der Waals surface area contributed by atoms with Crippen molar-refractivity contribution in [2.75, 3.05) is 0 Å². The minimum absolute atomic E-state index is 0.246. The highest BCUT2D eigenvalue weighted by atomic mass is 16.3. The summed E-state index contributed by atoms with van der Waals surface area (Å²) < 4.78 is 2.04. The van der Waals surface area contributed by atoms with Crippen molar-refractivity contribution in [3.63, 3.8) is 0 Å². The Morgan fingerprint density at radius 1 is 1.00 bits per heavy atom. The maximum atomic E-state index is 9.34. The van der Waals surface area contributed by atoms with Crippen LogP contribution in [0, 0.1) is 0 Å². The van der Waals surface area contributed by atoms with Gasteiger partial charge in [0.05, 0.1) is 17.6 Å². The molecule has 21 heavy (non-hydrogen) atoms. The summed E-state index contributed by atoms with van der Waals surface area (Å²) in [6.07, 6.45) is 7.37. The highest BCUT2D eigenvalue weighted by molar-refractivity contribution is 5.63. The van der Waals surface area contributed by atoms with Crippen LogP contribution in [0.1, 0.15) is 19.5 Å². The monoisotopic (exact) mass is 279 g/mol. The van der Waals surface area contributed by atoms with Crippen molar-refractivity contribution in [3.8, 4) is 16.9 Å². The molecule has 2 aromatic heterocycles. The summed E-state index contributed by atoms with van der Waals surface area (Å²) in [6, 6.07) is 11.2. The molecular weight excluding hydrogens is 262 g/mol. The lowest BCUT2D eigenvalue weighted by atomic mass is 9.98. The van der Waals surface area contributed by atoms with E-state index in [1.165, 1.54) is 0 Å². The number of hydrogen-bond donors (Lipinski definition) is 1. The zero-order valence-corrected chi connectivity index (χ0v) is 12.1. The first-order chi connectivity index (χ1) is 10.1. The standard InChI is InChI=1S/C17H17N3O/c1-17(2,20-10-9-18-12-20)16-8-5-14(11-19-16)13-3-6-15(21)7-4-13/h3-12,21H,1-2H3. The summed E-state index contributed by atoms with van der Waals surface area (Å²) in [5, 5.41) is 9.34. The Kier molecular flexibility index (Phi) is 3.22. The van der Waals surface area contributed by atoms with Crippen LogP contribution < -0.4 is 0 Å². The second-order valence-electron chi connectivity index (χ2n) is 5.51. The lowest BCUT2D eigenvalue weighted by Gasteiger charge is -2.26. The minimum atomic E-state index is -0.246. The first-order valence-electron chi connectivity index (χ1n) is 6.82. The molecule has 0 bridgehead atoms. The van der Waals surface area contributed by atoms with E-state index in [2.05, 4.69) is 23.8 Å². The van der Waals surface area contributed by atoms with Gasteiger partial charge in [0.25, 0.3) is 0 Å². The first-order valence-corrected chi connectivity index (χ1v) is 6.82. The van der Waals surface area contributed by atoms with Crippen LogP contribution in [0.5, 0.6) is 5.75 Å². The van der Waals surface area contributed by atoms with E-state index < -0.39 is 0 Å². The van der Waals surface area contributed by atoms with E-state index in [-0.39, 0.29) is 11.3 Å². The number of imidazole rings is 1. The SMILES string of the molecule is CC(C)(c1ccc(-c2ccc(O)cc2)cn1)n1ccnc1. The summed E-state index contributed by atoms with van der Waals surface area (Å²) in [5.74, 6) is 0.268. The fourth-order valence-electron chi connectivity index (χ4n) is 2.30. The van der Waals surface area contributed by atoms with Gasteiger partial charge in [-0.15, -0.1) is 0 Å². The molecule has 0 unspecified atom stereocenters. The smallest absolute Gasteiger partial charge is 0.115 e. The van der Waals surface area contributed by atoms with Crippen molar-refractivity contribution < 1.29 is 5.11 Å². The predicted molar refractivity (Wildman–Crippen MR) is 82.0 cm³/mol. The maximum absolute atomic E-state index is 9.34.